The van der Waals surface area contributed by atoms with Crippen molar-refractivity contribution in [1.82, 2.24) is 10.3 Å². The molecule has 7 heteroatoms. The number of nitrogens with one attached hydrogen (secondary N) is 1. The second kappa shape index (κ2) is 6.43. The summed E-state index contributed by atoms with van der Waals surface area (Å²) in [6, 6.07) is 12.7. The van der Waals surface area contributed by atoms with Crippen LogP contribution in [0.5, 0.6) is 0 Å². The van der Waals surface area contributed by atoms with E-state index >= 15 is 0 Å². The monoisotopic (exact) mass is 312 g/mol. The molecule has 0 spiro atoms. The molecule has 0 saturated carbocycles. The first kappa shape index (κ1) is 15.0. The van der Waals surface area contributed by atoms with Crippen molar-refractivity contribution in [3.63, 3.8) is 0 Å². The highest BCUT2D eigenvalue weighted by molar-refractivity contribution is 5.78. The summed E-state index contributed by atoms with van der Waals surface area (Å²) in [5.74, 6) is 0.615. The number of carbonyl (C=O) groups is 1. The molecule has 0 bridgehead atoms. The van der Waals surface area contributed by atoms with E-state index in [-0.39, 0.29) is 17.6 Å². The van der Waals surface area contributed by atoms with Crippen LogP contribution in [0.2, 0.25) is 0 Å². The third kappa shape index (κ3) is 3.28. The summed E-state index contributed by atoms with van der Waals surface area (Å²) in [6.45, 7) is 1.11. The predicted octanol–water partition coefficient (Wildman–Crippen LogP) is 2.06. The maximum atomic E-state index is 11.9. The van der Waals surface area contributed by atoms with Gasteiger partial charge < -0.3 is 10.2 Å². The third-order valence-electron chi connectivity index (χ3n) is 3.85. The van der Waals surface area contributed by atoms with Crippen molar-refractivity contribution >= 4 is 17.4 Å². The van der Waals surface area contributed by atoms with Gasteiger partial charge in [0.05, 0.1) is 17.4 Å². The molecule has 23 heavy (non-hydrogen) atoms. The Kier molecular flexibility index (Phi) is 4.18. The Morgan fingerprint density at radius 2 is 2.00 bits per heavy atom. The maximum Gasteiger partial charge on any atom is 0.287 e. The summed E-state index contributed by atoms with van der Waals surface area (Å²) in [6.07, 6.45) is 1.57. The van der Waals surface area contributed by atoms with Gasteiger partial charge in [-0.1, -0.05) is 30.3 Å². The maximum absolute atomic E-state index is 11.9. The number of nitrogens with zero attached hydrogens (tertiary/aromatic N) is 3. The summed E-state index contributed by atoms with van der Waals surface area (Å²) >= 11 is 0. The van der Waals surface area contributed by atoms with Gasteiger partial charge >= 0.3 is 0 Å². The predicted molar refractivity (Wildman–Crippen MR) is 85.0 cm³/mol. The zero-order valence-electron chi connectivity index (χ0n) is 12.4. The fourth-order valence-electron chi connectivity index (χ4n) is 2.73. The fraction of sp³-hybridized carbons (Fsp3) is 0.250. The number of anilines is 1. The second-order valence-corrected chi connectivity index (χ2v) is 5.31. The summed E-state index contributed by atoms with van der Waals surface area (Å²) in [4.78, 5) is 28.5. The van der Waals surface area contributed by atoms with E-state index in [1.165, 1.54) is 12.3 Å². The van der Waals surface area contributed by atoms with Crippen LogP contribution in [-0.2, 0) is 4.79 Å². The average Bonchev–Trinajstić information content (AvgIpc) is 2.77. The quantitative estimate of drug-likeness (QED) is 0.692. The number of hydrogen-bond acceptors (Lipinski definition) is 5. The van der Waals surface area contributed by atoms with Gasteiger partial charge in [0.2, 0.25) is 5.91 Å². The van der Waals surface area contributed by atoms with Crippen molar-refractivity contribution in [2.24, 2.45) is 0 Å². The number of hydrogen-bond donors (Lipinski definition) is 1. The van der Waals surface area contributed by atoms with E-state index in [2.05, 4.69) is 10.3 Å². The van der Waals surface area contributed by atoms with Gasteiger partial charge in [0.15, 0.2) is 0 Å². The highest BCUT2D eigenvalue weighted by Crippen LogP contribution is 2.30. The first-order chi connectivity index (χ1) is 11.1. The highest BCUT2D eigenvalue weighted by Gasteiger charge is 2.27. The van der Waals surface area contributed by atoms with Crippen molar-refractivity contribution in [2.45, 2.75) is 12.5 Å². The lowest BCUT2D eigenvalue weighted by Crippen LogP contribution is -2.31. The number of carbonyl (C=O) groups excluding carboxylic acids is 1. The average molecular weight is 312 g/mol. The van der Waals surface area contributed by atoms with E-state index in [9.17, 15) is 14.9 Å². The first-order valence-electron chi connectivity index (χ1n) is 7.34. The van der Waals surface area contributed by atoms with Crippen LogP contribution >= 0.6 is 0 Å². The van der Waals surface area contributed by atoms with Crippen LogP contribution in [0.1, 0.15) is 18.0 Å². The van der Waals surface area contributed by atoms with Crippen molar-refractivity contribution in [3.8, 4) is 0 Å². The number of aromatic nitrogens is 1. The zero-order chi connectivity index (χ0) is 16.2. The molecule has 1 atom stereocenters. The molecule has 1 saturated heterocycles. The number of pyridine rings is 1. The summed E-state index contributed by atoms with van der Waals surface area (Å²) in [7, 11) is 0. The van der Waals surface area contributed by atoms with Crippen molar-refractivity contribution < 1.29 is 9.72 Å². The van der Waals surface area contributed by atoms with Crippen LogP contribution in [0.3, 0.4) is 0 Å². The summed E-state index contributed by atoms with van der Waals surface area (Å²) < 4.78 is 0. The van der Waals surface area contributed by atoms with Gasteiger partial charge in [0, 0.05) is 19.2 Å². The van der Waals surface area contributed by atoms with Gasteiger partial charge in [-0.05, 0) is 11.6 Å². The van der Waals surface area contributed by atoms with Crippen LogP contribution in [0.15, 0.2) is 48.7 Å². The van der Waals surface area contributed by atoms with E-state index in [1.54, 1.807) is 6.07 Å². The Bertz CT molecular complexity index is 703. The highest BCUT2D eigenvalue weighted by atomic mass is 16.6. The molecule has 0 radical (unpaired) electrons. The van der Waals surface area contributed by atoms with Crippen LogP contribution in [0.25, 0.3) is 0 Å². The lowest BCUT2D eigenvalue weighted by Gasteiger charge is -2.30. The van der Waals surface area contributed by atoms with Crippen LogP contribution in [-0.4, -0.2) is 28.9 Å². The molecule has 0 unspecified atom stereocenters. The van der Waals surface area contributed by atoms with Gasteiger partial charge in [0.25, 0.3) is 5.69 Å². The number of amides is 1. The van der Waals surface area contributed by atoms with Gasteiger partial charge in [-0.15, -0.1) is 0 Å². The molecule has 3 rings (SSSR count). The summed E-state index contributed by atoms with van der Waals surface area (Å²) in [5, 5.41) is 13.6. The van der Waals surface area contributed by atoms with E-state index in [1.807, 2.05) is 35.2 Å². The zero-order valence-corrected chi connectivity index (χ0v) is 12.4. The van der Waals surface area contributed by atoms with Crippen LogP contribution < -0.4 is 10.2 Å². The molecule has 118 valence electrons. The molecule has 1 amide bonds. The topological polar surface area (TPSA) is 88.4 Å². The lowest BCUT2D eigenvalue weighted by molar-refractivity contribution is -0.385. The van der Waals surface area contributed by atoms with Crippen molar-refractivity contribution in [3.05, 3.63) is 64.3 Å². The molecule has 1 aliphatic rings. The minimum Gasteiger partial charge on any atom is -0.354 e. The minimum absolute atomic E-state index is 0.0109. The van der Waals surface area contributed by atoms with Gasteiger partial charge in [-0.2, -0.15) is 0 Å². The van der Waals surface area contributed by atoms with E-state index in [0.29, 0.717) is 25.3 Å². The SMILES string of the molecule is O=C1C[C@@H](c2ccccc2)N(c2ccc([N+](=O)[O-])cn2)CCN1. The molecule has 7 nitrogen and oxygen atoms in total. The largest absolute Gasteiger partial charge is 0.354 e. The molecule has 2 heterocycles. The second-order valence-electron chi connectivity index (χ2n) is 5.31. The molecule has 1 fully saturated rings. The fourth-order valence-corrected chi connectivity index (χ4v) is 2.73. The lowest BCUT2D eigenvalue weighted by atomic mass is 10.0. The molecule has 1 aliphatic heterocycles. The summed E-state index contributed by atoms with van der Waals surface area (Å²) in [5.41, 5.74) is 0.971. The molecule has 0 aliphatic carbocycles. The van der Waals surface area contributed by atoms with Gasteiger partial charge in [-0.25, -0.2) is 4.98 Å². The number of nitro groups is 1. The first-order valence-corrected chi connectivity index (χ1v) is 7.34. The Morgan fingerprint density at radius 3 is 2.65 bits per heavy atom. The standard InChI is InChI=1S/C16H16N4O3/c21-16-10-14(12-4-2-1-3-5-12)19(9-8-17-16)15-7-6-13(11-18-15)20(22)23/h1-7,11,14H,8-10H2,(H,17,21)/t14-/m0/s1. The smallest absolute Gasteiger partial charge is 0.287 e. The molecule has 2 aromatic rings. The molecular formula is C16H16N4O3. The Morgan fingerprint density at radius 1 is 1.22 bits per heavy atom. The number of rotatable bonds is 3. The van der Waals surface area contributed by atoms with Crippen molar-refractivity contribution in [1.29, 1.82) is 0 Å². The molecular weight excluding hydrogens is 296 g/mol. The van der Waals surface area contributed by atoms with E-state index in [4.69, 9.17) is 0 Å². The van der Waals surface area contributed by atoms with E-state index < -0.39 is 4.92 Å². The number of benzene rings is 1. The molecule has 1 aromatic carbocycles. The third-order valence-corrected chi connectivity index (χ3v) is 3.85. The Labute approximate surface area is 133 Å². The van der Waals surface area contributed by atoms with Gasteiger partial charge in [0.1, 0.15) is 12.0 Å². The van der Waals surface area contributed by atoms with Crippen LogP contribution in [0.4, 0.5) is 11.5 Å². The van der Waals surface area contributed by atoms with E-state index in [0.717, 1.165) is 5.56 Å². The van der Waals surface area contributed by atoms with Gasteiger partial charge in [-0.3, -0.25) is 14.9 Å². The minimum atomic E-state index is -0.473. The Hall–Kier alpha value is -2.96. The molecule has 1 N–H and O–H groups in total. The Balaban J connectivity index is 1.95. The normalized spacial score (nSPS) is 18.2. The van der Waals surface area contributed by atoms with Crippen LogP contribution in [0, 0.1) is 10.1 Å². The van der Waals surface area contributed by atoms with Crippen molar-refractivity contribution in [2.75, 3.05) is 18.0 Å². The molecule has 1 aromatic heterocycles.